The Morgan fingerprint density at radius 2 is 1.69 bits per heavy atom. The maximum absolute atomic E-state index is 13.3. The normalized spacial score (nSPS) is 12.2. The van der Waals surface area contributed by atoms with Crippen LogP contribution in [0.2, 0.25) is 5.02 Å². The molecule has 0 spiro atoms. The molecule has 1 N–H and O–H groups in total. The van der Waals surface area contributed by atoms with E-state index in [1.54, 1.807) is 55.5 Å². The topological polar surface area (TPSA) is 86.8 Å². The van der Waals surface area contributed by atoms with Crippen LogP contribution in [0.4, 0.5) is 5.69 Å². The highest BCUT2D eigenvalue weighted by Gasteiger charge is 2.29. The Labute approximate surface area is 202 Å². The van der Waals surface area contributed by atoms with Crippen molar-refractivity contribution in [1.82, 2.24) is 10.2 Å². The number of carbonyl (C=O) groups excluding carboxylic acids is 2. The highest BCUT2D eigenvalue weighted by atomic mass is 79.9. The molecule has 2 aromatic rings. The van der Waals surface area contributed by atoms with E-state index in [1.807, 2.05) is 6.92 Å². The highest BCUT2D eigenvalue weighted by Crippen LogP contribution is 2.22. The first kappa shape index (κ1) is 26.2. The predicted octanol–water partition coefficient (Wildman–Crippen LogP) is 3.81. The molecule has 0 aliphatic rings. The summed E-state index contributed by atoms with van der Waals surface area (Å²) in [6.07, 6.45) is 1.80. The smallest absolute Gasteiger partial charge is 0.244 e. The van der Waals surface area contributed by atoms with Gasteiger partial charge in [-0.15, -0.1) is 0 Å². The first-order chi connectivity index (χ1) is 15.0. The van der Waals surface area contributed by atoms with Gasteiger partial charge in [0.05, 0.1) is 11.9 Å². The molecule has 174 valence electrons. The minimum absolute atomic E-state index is 0.134. The van der Waals surface area contributed by atoms with E-state index in [-0.39, 0.29) is 12.5 Å². The second-order valence-electron chi connectivity index (χ2n) is 7.36. The molecular weight excluding hydrogens is 518 g/mol. The van der Waals surface area contributed by atoms with Gasteiger partial charge < -0.3 is 10.2 Å². The average Bonchev–Trinajstić information content (AvgIpc) is 2.74. The lowest BCUT2D eigenvalue weighted by Crippen LogP contribution is -2.51. The van der Waals surface area contributed by atoms with Crippen molar-refractivity contribution in [3.63, 3.8) is 0 Å². The number of carbonyl (C=O) groups is 2. The van der Waals surface area contributed by atoms with Crippen molar-refractivity contribution >= 4 is 55.1 Å². The second-order valence-corrected chi connectivity index (χ2v) is 10.6. The van der Waals surface area contributed by atoms with Gasteiger partial charge in [-0.1, -0.05) is 46.6 Å². The zero-order valence-electron chi connectivity index (χ0n) is 18.2. The van der Waals surface area contributed by atoms with E-state index in [1.165, 1.54) is 4.90 Å². The third-order valence-electron chi connectivity index (χ3n) is 4.78. The van der Waals surface area contributed by atoms with Crippen molar-refractivity contribution in [2.75, 3.05) is 23.7 Å². The van der Waals surface area contributed by atoms with Gasteiger partial charge in [-0.3, -0.25) is 13.9 Å². The molecule has 2 amide bonds. The Morgan fingerprint density at radius 3 is 2.22 bits per heavy atom. The van der Waals surface area contributed by atoms with Crippen LogP contribution in [-0.2, 0) is 26.2 Å². The molecule has 32 heavy (non-hydrogen) atoms. The molecule has 10 heteroatoms. The first-order valence-corrected chi connectivity index (χ1v) is 13.1. The molecule has 0 radical (unpaired) electrons. The maximum atomic E-state index is 13.3. The monoisotopic (exact) mass is 543 g/mol. The number of sulfonamides is 1. The van der Waals surface area contributed by atoms with E-state index in [4.69, 9.17) is 11.6 Å². The van der Waals surface area contributed by atoms with Crippen molar-refractivity contribution in [3.8, 4) is 0 Å². The average molecular weight is 545 g/mol. The summed E-state index contributed by atoms with van der Waals surface area (Å²) in [5, 5.41) is 3.35. The van der Waals surface area contributed by atoms with Crippen molar-refractivity contribution in [3.05, 3.63) is 63.6 Å². The summed E-state index contributed by atoms with van der Waals surface area (Å²) in [5.74, 6) is -0.795. The van der Waals surface area contributed by atoms with Crippen LogP contribution in [0.15, 0.2) is 53.0 Å². The largest absolute Gasteiger partial charge is 0.354 e. The van der Waals surface area contributed by atoms with Crippen LogP contribution in [0.5, 0.6) is 0 Å². The Hall–Kier alpha value is -2.10. The van der Waals surface area contributed by atoms with Crippen LogP contribution in [0, 0.1) is 0 Å². The summed E-state index contributed by atoms with van der Waals surface area (Å²) in [6.45, 7) is 3.75. The molecule has 0 fully saturated rings. The zero-order chi connectivity index (χ0) is 23.9. The Bertz CT molecular complexity index is 1030. The van der Waals surface area contributed by atoms with Crippen molar-refractivity contribution in [2.24, 2.45) is 0 Å². The molecule has 0 aliphatic heterocycles. The van der Waals surface area contributed by atoms with Gasteiger partial charge in [0.15, 0.2) is 0 Å². The predicted molar refractivity (Wildman–Crippen MR) is 131 cm³/mol. The third-order valence-corrected chi connectivity index (χ3v) is 6.70. The van der Waals surface area contributed by atoms with Crippen molar-refractivity contribution < 1.29 is 18.0 Å². The lowest BCUT2D eigenvalue weighted by atomic mass is 10.1. The summed E-state index contributed by atoms with van der Waals surface area (Å²) in [4.78, 5) is 27.3. The highest BCUT2D eigenvalue weighted by molar-refractivity contribution is 9.10. The van der Waals surface area contributed by atoms with Gasteiger partial charge in [-0.05, 0) is 55.3 Å². The molecule has 0 unspecified atom stereocenters. The Morgan fingerprint density at radius 1 is 1.09 bits per heavy atom. The quantitative estimate of drug-likeness (QED) is 0.493. The zero-order valence-corrected chi connectivity index (χ0v) is 21.4. The molecule has 0 aromatic heterocycles. The molecule has 0 saturated heterocycles. The number of anilines is 1. The first-order valence-electron chi connectivity index (χ1n) is 10.1. The van der Waals surface area contributed by atoms with Gasteiger partial charge in [0, 0.05) is 22.6 Å². The number of halogens is 2. The van der Waals surface area contributed by atoms with Crippen LogP contribution >= 0.6 is 27.5 Å². The molecule has 0 bridgehead atoms. The number of hydrogen-bond acceptors (Lipinski definition) is 4. The maximum Gasteiger partial charge on any atom is 0.244 e. The van der Waals surface area contributed by atoms with Gasteiger partial charge in [0.1, 0.15) is 12.6 Å². The lowest BCUT2D eigenvalue weighted by Gasteiger charge is -2.31. The molecule has 2 rings (SSSR count). The van der Waals surface area contributed by atoms with Gasteiger partial charge in [-0.25, -0.2) is 8.42 Å². The van der Waals surface area contributed by atoms with E-state index < -0.39 is 28.5 Å². The summed E-state index contributed by atoms with van der Waals surface area (Å²) < 4.78 is 26.7. The van der Waals surface area contributed by atoms with E-state index >= 15 is 0 Å². The Kier molecular flexibility index (Phi) is 9.54. The van der Waals surface area contributed by atoms with Crippen molar-refractivity contribution in [1.29, 1.82) is 0 Å². The van der Waals surface area contributed by atoms with Crippen LogP contribution in [0.25, 0.3) is 0 Å². The fourth-order valence-electron chi connectivity index (χ4n) is 2.99. The SMILES string of the molecule is CCCNC(=O)[C@@H](C)N(Cc1ccc(Cl)cc1)C(=O)CN(c1ccc(Br)cc1)S(C)(=O)=O. The van der Waals surface area contributed by atoms with E-state index in [0.29, 0.717) is 17.3 Å². The minimum Gasteiger partial charge on any atom is -0.354 e. The van der Waals surface area contributed by atoms with Crippen molar-refractivity contribution in [2.45, 2.75) is 32.9 Å². The van der Waals surface area contributed by atoms with Gasteiger partial charge >= 0.3 is 0 Å². The number of nitrogens with zero attached hydrogens (tertiary/aromatic N) is 2. The molecule has 7 nitrogen and oxygen atoms in total. The van der Waals surface area contributed by atoms with Gasteiger partial charge in [-0.2, -0.15) is 0 Å². The van der Waals surface area contributed by atoms with E-state index in [2.05, 4.69) is 21.2 Å². The number of amides is 2. The summed E-state index contributed by atoms with van der Waals surface area (Å²) in [6, 6.07) is 12.8. The summed E-state index contributed by atoms with van der Waals surface area (Å²) in [5.41, 5.74) is 1.13. The minimum atomic E-state index is -3.75. The van der Waals surface area contributed by atoms with Crippen LogP contribution in [0.3, 0.4) is 0 Å². The number of rotatable bonds is 10. The fourth-order valence-corrected chi connectivity index (χ4v) is 4.23. The third kappa shape index (κ3) is 7.50. The standard InChI is InChI=1S/C22H27BrClN3O4S/c1-4-13-25-22(29)16(2)26(14-17-5-9-19(24)10-6-17)21(28)15-27(32(3,30)31)20-11-7-18(23)8-12-20/h5-12,16H,4,13-15H2,1-3H3,(H,25,29)/t16-/m1/s1. The second kappa shape index (κ2) is 11.7. The molecule has 0 heterocycles. The fraction of sp³-hybridized carbons (Fsp3) is 0.364. The molecular formula is C22H27BrClN3O4S. The summed E-state index contributed by atoms with van der Waals surface area (Å²) >= 11 is 9.28. The van der Waals surface area contributed by atoms with Gasteiger partial charge in [0.2, 0.25) is 21.8 Å². The number of hydrogen-bond donors (Lipinski definition) is 1. The van der Waals surface area contributed by atoms with E-state index in [9.17, 15) is 18.0 Å². The number of benzene rings is 2. The number of nitrogens with one attached hydrogen (secondary N) is 1. The van der Waals surface area contributed by atoms with Gasteiger partial charge in [0.25, 0.3) is 0 Å². The molecule has 0 saturated carbocycles. The Balaban J connectivity index is 2.34. The molecule has 1 atom stereocenters. The molecule has 2 aromatic carbocycles. The van der Waals surface area contributed by atoms with Crippen LogP contribution in [0.1, 0.15) is 25.8 Å². The van der Waals surface area contributed by atoms with Crippen LogP contribution < -0.4 is 9.62 Å². The lowest BCUT2D eigenvalue weighted by molar-refractivity contribution is -0.139. The summed E-state index contributed by atoms with van der Waals surface area (Å²) in [7, 11) is -3.75. The van der Waals surface area contributed by atoms with Crippen LogP contribution in [-0.4, -0.2) is 50.5 Å². The molecule has 0 aliphatic carbocycles. The van der Waals surface area contributed by atoms with E-state index in [0.717, 1.165) is 27.0 Å².